The van der Waals surface area contributed by atoms with E-state index in [2.05, 4.69) is 0 Å². The molecule has 0 aromatic heterocycles. The first-order valence-electron chi connectivity index (χ1n) is 4.62. The van der Waals surface area contributed by atoms with E-state index in [4.69, 9.17) is 5.73 Å². The van der Waals surface area contributed by atoms with E-state index in [1.165, 1.54) is 30.3 Å². The molecular weight excluding hydrogens is 226 g/mol. The number of nitro groups is 2. The van der Waals surface area contributed by atoms with Gasteiger partial charge in [0.2, 0.25) is 0 Å². The lowest BCUT2D eigenvalue weighted by molar-refractivity contribution is -0.384. The topological polar surface area (TPSA) is 112 Å². The summed E-state index contributed by atoms with van der Waals surface area (Å²) in [5.74, 6) is 0. The number of benzene rings is 2. The van der Waals surface area contributed by atoms with E-state index in [1.807, 2.05) is 0 Å². The fraction of sp³-hybridized carbons (Fsp3) is 0. The van der Waals surface area contributed by atoms with Gasteiger partial charge in [-0.3, -0.25) is 20.2 Å². The second kappa shape index (κ2) is 3.71. The van der Waals surface area contributed by atoms with Crippen LogP contribution in [0.2, 0.25) is 0 Å². The van der Waals surface area contributed by atoms with Gasteiger partial charge in [0.05, 0.1) is 20.6 Å². The van der Waals surface area contributed by atoms with Crippen molar-refractivity contribution in [3.8, 4) is 0 Å². The second-order valence-corrected chi connectivity index (χ2v) is 3.39. The second-order valence-electron chi connectivity index (χ2n) is 3.39. The fourth-order valence-corrected chi connectivity index (χ4v) is 1.71. The molecule has 7 nitrogen and oxygen atoms in total. The summed E-state index contributed by atoms with van der Waals surface area (Å²) in [6.45, 7) is 0. The number of anilines is 1. The molecule has 0 saturated heterocycles. The SMILES string of the molecule is Nc1ccc2c([N+](=O)[O-])cccc2c1[N+](=O)[O-]. The summed E-state index contributed by atoms with van der Waals surface area (Å²) in [5, 5.41) is 22.0. The van der Waals surface area contributed by atoms with Crippen molar-refractivity contribution in [3.63, 3.8) is 0 Å². The largest absolute Gasteiger partial charge is 0.393 e. The lowest BCUT2D eigenvalue weighted by atomic mass is 10.1. The maximum Gasteiger partial charge on any atom is 0.300 e. The zero-order valence-electron chi connectivity index (χ0n) is 8.49. The van der Waals surface area contributed by atoms with Crippen LogP contribution in [0.1, 0.15) is 0 Å². The minimum Gasteiger partial charge on any atom is -0.393 e. The molecule has 0 spiro atoms. The molecule has 0 radical (unpaired) electrons. The summed E-state index contributed by atoms with van der Waals surface area (Å²) in [7, 11) is 0. The summed E-state index contributed by atoms with van der Waals surface area (Å²) >= 11 is 0. The van der Waals surface area contributed by atoms with Crippen LogP contribution in [0, 0.1) is 20.2 Å². The average Bonchev–Trinajstić information content (AvgIpc) is 2.26. The van der Waals surface area contributed by atoms with Gasteiger partial charge in [0, 0.05) is 6.07 Å². The Balaban J connectivity index is 2.93. The highest BCUT2D eigenvalue weighted by Gasteiger charge is 2.21. The normalized spacial score (nSPS) is 10.4. The Hall–Kier alpha value is -2.70. The molecule has 0 bridgehead atoms. The van der Waals surface area contributed by atoms with E-state index in [-0.39, 0.29) is 27.8 Å². The van der Waals surface area contributed by atoms with Crippen molar-refractivity contribution in [3.05, 3.63) is 50.6 Å². The molecular formula is C10H7N3O4. The lowest BCUT2D eigenvalue weighted by Crippen LogP contribution is -1.98. The Morgan fingerprint density at radius 1 is 0.941 bits per heavy atom. The molecule has 0 aliphatic rings. The Morgan fingerprint density at radius 3 is 2.24 bits per heavy atom. The smallest absolute Gasteiger partial charge is 0.300 e. The van der Waals surface area contributed by atoms with Gasteiger partial charge in [-0.25, -0.2) is 0 Å². The van der Waals surface area contributed by atoms with Crippen molar-refractivity contribution < 1.29 is 9.85 Å². The van der Waals surface area contributed by atoms with E-state index >= 15 is 0 Å². The molecule has 0 aliphatic heterocycles. The molecule has 86 valence electrons. The van der Waals surface area contributed by atoms with Crippen molar-refractivity contribution in [1.29, 1.82) is 0 Å². The van der Waals surface area contributed by atoms with Crippen LogP contribution in [-0.4, -0.2) is 9.85 Å². The third-order valence-electron chi connectivity index (χ3n) is 2.42. The molecule has 0 fully saturated rings. The van der Waals surface area contributed by atoms with Gasteiger partial charge < -0.3 is 5.73 Å². The lowest BCUT2D eigenvalue weighted by Gasteiger charge is -2.02. The number of nitrogen functional groups attached to an aromatic ring is 1. The summed E-state index contributed by atoms with van der Waals surface area (Å²) in [6.07, 6.45) is 0. The quantitative estimate of drug-likeness (QED) is 0.485. The number of hydrogen-bond acceptors (Lipinski definition) is 5. The van der Waals surface area contributed by atoms with Crippen LogP contribution in [0.5, 0.6) is 0 Å². The van der Waals surface area contributed by atoms with Crippen molar-refractivity contribution in [2.45, 2.75) is 0 Å². The molecule has 2 rings (SSSR count). The van der Waals surface area contributed by atoms with E-state index in [9.17, 15) is 20.2 Å². The number of fused-ring (bicyclic) bond motifs is 1. The Bertz CT molecular complexity index is 639. The zero-order valence-corrected chi connectivity index (χ0v) is 8.49. The molecule has 0 aliphatic carbocycles. The van der Waals surface area contributed by atoms with Crippen molar-refractivity contribution in [2.75, 3.05) is 5.73 Å². The molecule has 2 N–H and O–H groups in total. The molecule has 0 atom stereocenters. The summed E-state index contributed by atoms with van der Waals surface area (Å²) in [5.41, 5.74) is 5.02. The third kappa shape index (κ3) is 1.63. The molecule has 17 heavy (non-hydrogen) atoms. The number of hydrogen-bond donors (Lipinski definition) is 1. The summed E-state index contributed by atoms with van der Waals surface area (Å²) in [4.78, 5) is 20.4. The minimum atomic E-state index is -0.638. The van der Waals surface area contributed by atoms with Crippen LogP contribution >= 0.6 is 0 Å². The predicted octanol–water partition coefficient (Wildman–Crippen LogP) is 2.24. The Labute approximate surface area is 94.8 Å². The number of rotatable bonds is 2. The maximum absolute atomic E-state index is 10.9. The third-order valence-corrected chi connectivity index (χ3v) is 2.42. The monoisotopic (exact) mass is 233 g/mol. The van der Waals surface area contributed by atoms with Gasteiger partial charge in [0.1, 0.15) is 5.69 Å². The molecule has 0 saturated carbocycles. The highest BCUT2D eigenvalue weighted by atomic mass is 16.6. The average molecular weight is 233 g/mol. The number of non-ortho nitro benzene ring substituents is 1. The van der Waals surface area contributed by atoms with Crippen molar-refractivity contribution in [1.82, 2.24) is 0 Å². The van der Waals surface area contributed by atoms with Gasteiger partial charge in [0.25, 0.3) is 11.4 Å². The first kappa shape index (κ1) is 10.8. The number of nitrogens with two attached hydrogens (primary N) is 1. The summed E-state index contributed by atoms with van der Waals surface area (Å²) < 4.78 is 0. The van der Waals surface area contributed by atoms with Crippen molar-refractivity contribution >= 4 is 27.8 Å². The zero-order chi connectivity index (χ0) is 12.6. The first-order valence-corrected chi connectivity index (χ1v) is 4.62. The van der Waals surface area contributed by atoms with Gasteiger partial charge in [0.15, 0.2) is 0 Å². The van der Waals surface area contributed by atoms with Gasteiger partial charge in [-0.05, 0) is 18.2 Å². The van der Waals surface area contributed by atoms with Crippen LogP contribution in [0.25, 0.3) is 10.8 Å². The van der Waals surface area contributed by atoms with E-state index in [1.54, 1.807) is 0 Å². The van der Waals surface area contributed by atoms with Gasteiger partial charge >= 0.3 is 0 Å². The van der Waals surface area contributed by atoms with Crippen LogP contribution in [0.15, 0.2) is 30.3 Å². The van der Waals surface area contributed by atoms with E-state index in [0.717, 1.165) is 0 Å². The van der Waals surface area contributed by atoms with Crippen LogP contribution in [-0.2, 0) is 0 Å². The van der Waals surface area contributed by atoms with Crippen LogP contribution in [0.4, 0.5) is 17.1 Å². The predicted molar refractivity (Wildman–Crippen MR) is 61.7 cm³/mol. The molecule has 0 heterocycles. The molecule has 0 unspecified atom stereocenters. The maximum atomic E-state index is 10.9. The number of nitro benzene ring substituents is 2. The molecule has 2 aromatic carbocycles. The van der Waals surface area contributed by atoms with E-state index in [0.29, 0.717) is 0 Å². The van der Waals surface area contributed by atoms with Gasteiger partial charge in [-0.2, -0.15) is 0 Å². The van der Waals surface area contributed by atoms with E-state index < -0.39 is 9.85 Å². The minimum absolute atomic E-state index is 0.0111. The highest BCUT2D eigenvalue weighted by molar-refractivity contribution is 6.00. The highest BCUT2D eigenvalue weighted by Crippen LogP contribution is 2.35. The number of nitrogens with zero attached hydrogens (tertiary/aromatic N) is 2. The van der Waals surface area contributed by atoms with Crippen LogP contribution in [0.3, 0.4) is 0 Å². The van der Waals surface area contributed by atoms with Crippen molar-refractivity contribution in [2.24, 2.45) is 0 Å². The van der Waals surface area contributed by atoms with Crippen LogP contribution < -0.4 is 5.73 Å². The molecule has 7 heteroatoms. The molecule has 0 amide bonds. The molecule has 2 aromatic rings. The first-order chi connectivity index (χ1) is 8.02. The Morgan fingerprint density at radius 2 is 1.65 bits per heavy atom. The Kier molecular flexibility index (Phi) is 2.36. The fourth-order valence-electron chi connectivity index (χ4n) is 1.71. The van der Waals surface area contributed by atoms with Gasteiger partial charge in [-0.15, -0.1) is 0 Å². The summed E-state index contributed by atoms with van der Waals surface area (Å²) in [6, 6.07) is 6.84. The standard InChI is InChI=1S/C10H7N3O4/c11-8-5-4-6-7(10(8)13(16)17)2-1-3-9(6)12(14)15/h1-5H,11H2. The van der Waals surface area contributed by atoms with Gasteiger partial charge in [-0.1, -0.05) is 6.07 Å².